The van der Waals surface area contributed by atoms with Crippen molar-refractivity contribution in [2.24, 2.45) is 0 Å². The first-order valence-corrected chi connectivity index (χ1v) is 7.17. The minimum atomic E-state index is -1.57. The van der Waals surface area contributed by atoms with Gasteiger partial charge in [0, 0.05) is 24.3 Å². The highest BCUT2D eigenvalue weighted by molar-refractivity contribution is 5.97. The molecule has 1 heterocycles. The van der Waals surface area contributed by atoms with Gasteiger partial charge in [0.2, 0.25) is 0 Å². The van der Waals surface area contributed by atoms with Crippen molar-refractivity contribution < 1.29 is 14.6 Å². The number of rotatable bonds is 4. The molecule has 3 aromatic rings. The summed E-state index contributed by atoms with van der Waals surface area (Å²) in [5.41, 5.74) is 1.42. The van der Waals surface area contributed by atoms with Crippen molar-refractivity contribution in [3.05, 3.63) is 66.9 Å². The van der Waals surface area contributed by atoms with Gasteiger partial charge in [-0.3, -0.25) is 9.78 Å². The molecule has 5 nitrogen and oxygen atoms in total. The lowest BCUT2D eigenvalue weighted by Crippen LogP contribution is -2.39. The third-order valence-electron chi connectivity index (χ3n) is 3.51. The standard InChI is InChI=1S/C18H16N2O3/c1-20(14-10-9-13-6-5-11-19-16(13)12-14)17(21)18(22)23-15-7-3-2-4-8-15/h2-12,18,22H,1H3. The zero-order valence-electron chi connectivity index (χ0n) is 12.6. The van der Waals surface area contributed by atoms with Crippen molar-refractivity contribution in [2.75, 3.05) is 11.9 Å². The summed E-state index contributed by atoms with van der Waals surface area (Å²) in [6.45, 7) is 0. The predicted molar refractivity (Wildman–Crippen MR) is 88.2 cm³/mol. The third kappa shape index (κ3) is 3.30. The molecule has 0 bridgehead atoms. The topological polar surface area (TPSA) is 62.7 Å². The predicted octanol–water partition coefficient (Wildman–Crippen LogP) is 2.60. The first-order valence-electron chi connectivity index (χ1n) is 7.17. The summed E-state index contributed by atoms with van der Waals surface area (Å²) in [4.78, 5) is 17.9. The van der Waals surface area contributed by atoms with Gasteiger partial charge in [-0.15, -0.1) is 0 Å². The average Bonchev–Trinajstić information content (AvgIpc) is 2.61. The van der Waals surface area contributed by atoms with E-state index in [1.54, 1.807) is 49.6 Å². The van der Waals surface area contributed by atoms with Crippen LogP contribution in [0.5, 0.6) is 5.75 Å². The minimum absolute atomic E-state index is 0.432. The molecule has 0 spiro atoms. The Hall–Kier alpha value is -2.92. The van der Waals surface area contributed by atoms with Crippen LogP contribution in [0.2, 0.25) is 0 Å². The van der Waals surface area contributed by atoms with E-state index in [0.717, 1.165) is 10.9 Å². The van der Waals surface area contributed by atoms with Crippen LogP contribution in [-0.4, -0.2) is 29.3 Å². The van der Waals surface area contributed by atoms with Crippen molar-refractivity contribution in [1.29, 1.82) is 0 Å². The molecule has 23 heavy (non-hydrogen) atoms. The maximum absolute atomic E-state index is 12.3. The van der Waals surface area contributed by atoms with E-state index in [2.05, 4.69) is 4.98 Å². The monoisotopic (exact) mass is 308 g/mol. The van der Waals surface area contributed by atoms with E-state index in [4.69, 9.17) is 4.74 Å². The molecule has 1 N–H and O–H groups in total. The Morgan fingerprint density at radius 2 is 1.91 bits per heavy atom. The number of aliphatic hydroxyl groups excluding tert-OH is 1. The average molecular weight is 308 g/mol. The zero-order valence-corrected chi connectivity index (χ0v) is 12.6. The first-order chi connectivity index (χ1) is 11.1. The Morgan fingerprint density at radius 1 is 1.13 bits per heavy atom. The van der Waals surface area contributed by atoms with Crippen LogP contribution >= 0.6 is 0 Å². The number of pyridine rings is 1. The number of para-hydroxylation sites is 1. The van der Waals surface area contributed by atoms with Crippen molar-refractivity contribution in [1.82, 2.24) is 4.98 Å². The van der Waals surface area contributed by atoms with Crippen LogP contribution < -0.4 is 9.64 Å². The molecule has 1 amide bonds. The van der Waals surface area contributed by atoms with Crippen molar-refractivity contribution >= 4 is 22.5 Å². The van der Waals surface area contributed by atoms with Gasteiger partial charge in [-0.1, -0.05) is 30.3 Å². The minimum Gasteiger partial charge on any atom is -0.455 e. The van der Waals surface area contributed by atoms with Crippen molar-refractivity contribution in [2.45, 2.75) is 6.29 Å². The Bertz CT molecular complexity index is 821. The molecule has 1 aromatic heterocycles. The van der Waals surface area contributed by atoms with Crippen molar-refractivity contribution in [3.8, 4) is 5.75 Å². The molecule has 116 valence electrons. The molecule has 2 aromatic carbocycles. The van der Waals surface area contributed by atoms with E-state index in [1.165, 1.54) is 4.90 Å². The third-order valence-corrected chi connectivity index (χ3v) is 3.51. The number of aromatic nitrogens is 1. The number of nitrogens with zero attached hydrogens (tertiary/aromatic N) is 2. The Balaban J connectivity index is 1.77. The van der Waals surface area contributed by atoms with Crippen LogP contribution in [-0.2, 0) is 4.79 Å². The number of amides is 1. The van der Waals surface area contributed by atoms with Gasteiger partial charge < -0.3 is 14.7 Å². The number of likely N-dealkylation sites (N-methyl/N-ethyl adjacent to an activating group) is 1. The van der Waals surface area contributed by atoms with E-state index < -0.39 is 12.2 Å². The normalized spacial score (nSPS) is 11.9. The zero-order chi connectivity index (χ0) is 16.2. The Morgan fingerprint density at radius 3 is 2.70 bits per heavy atom. The fourth-order valence-corrected chi connectivity index (χ4v) is 2.23. The Labute approximate surface area is 133 Å². The number of carbonyl (C=O) groups is 1. The fraction of sp³-hybridized carbons (Fsp3) is 0.111. The second-order valence-corrected chi connectivity index (χ2v) is 5.06. The molecule has 1 atom stereocenters. The molecule has 0 aliphatic heterocycles. The molecular formula is C18H16N2O3. The van der Waals surface area contributed by atoms with Gasteiger partial charge in [-0.2, -0.15) is 0 Å². The summed E-state index contributed by atoms with van der Waals surface area (Å²) in [5, 5.41) is 11.0. The SMILES string of the molecule is CN(C(=O)C(O)Oc1ccccc1)c1ccc2cccnc2c1. The quantitative estimate of drug-likeness (QED) is 0.753. The molecule has 0 aliphatic carbocycles. The van der Waals surface area contributed by atoms with Crippen LogP contribution in [0.25, 0.3) is 10.9 Å². The summed E-state index contributed by atoms with van der Waals surface area (Å²) in [6, 6.07) is 18.0. The number of carbonyl (C=O) groups excluding carboxylic acids is 1. The summed E-state index contributed by atoms with van der Waals surface area (Å²) >= 11 is 0. The smallest absolute Gasteiger partial charge is 0.296 e. The number of ether oxygens (including phenoxy) is 1. The van der Waals surface area contributed by atoms with Gasteiger partial charge in [-0.25, -0.2) is 0 Å². The summed E-state index contributed by atoms with van der Waals surface area (Å²) < 4.78 is 5.25. The van der Waals surface area contributed by atoms with Crippen molar-refractivity contribution in [3.63, 3.8) is 0 Å². The number of aliphatic hydroxyl groups is 1. The van der Waals surface area contributed by atoms with Crippen LogP contribution in [0.15, 0.2) is 66.9 Å². The van der Waals surface area contributed by atoms with Gasteiger partial charge in [0.1, 0.15) is 5.75 Å². The number of fused-ring (bicyclic) bond motifs is 1. The maximum Gasteiger partial charge on any atom is 0.296 e. The highest BCUT2D eigenvalue weighted by Gasteiger charge is 2.22. The lowest BCUT2D eigenvalue weighted by Gasteiger charge is -2.21. The maximum atomic E-state index is 12.3. The van der Waals surface area contributed by atoms with Crippen LogP contribution in [0, 0.1) is 0 Å². The van der Waals surface area contributed by atoms with Crippen LogP contribution in [0.4, 0.5) is 5.69 Å². The molecule has 1 unspecified atom stereocenters. The van der Waals surface area contributed by atoms with E-state index in [9.17, 15) is 9.90 Å². The lowest BCUT2D eigenvalue weighted by atomic mass is 10.2. The number of hydrogen-bond donors (Lipinski definition) is 1. The lowest BCUT2D eigenvalue weighted by molar-refractivity contribution is -0.140. The molecule has 0 saturated carbocycles. The van der Waals surface area contributed by atoms with Gasteiger partial charge >= 0.3 is 0 Å². The summed E-state index contributed by atoms with van der Waals surface area (Å²) in [7, 11) is 1.59. The number of benzene rings is 2. The van der Waals surface area contributed by atoms with Crippen LogP contribution in [0.3, 0.4) is 0 Å². The Kier molecular flexibility index (Phi) is 4.21. The molecule has 5 heteroatoms. The highest BCUT2D eigenvalue weighted by Crippen LogP contribution is 2.21. The molecule has 0 saturated heterocycles. The molecule has 3 rings (SSSR count). The van der Waals surface area contributed by atoms with Gasteiger partial charge in [0.05, 0.1) is 5.52 Å². The molecule has 0 aliphatic rings. The van der Waals surface area contributed by atoms with E-state index in [1.807, 2.05) is 24.3 Å². The van der Waals surface area contributed by atoms with E-state index in [0.29, 0.717) is 11.4 Å². The highest BCUT2D eigenvalue weighted by atomic mass is 16.6. The molecule has 0 fully saturated rings. The van der Waals surface area contributed by atoms with Gasteiger partial charge in [0.15, 0.2) is 0 Å². The molecule has 0 radical (unpaired) electrons. The summed E-state index contributed by atoms with van der Waals surface area (Å²) in [5.74, 6) is -0.119. The number of hydrogen-bond acceptors (Lipinski definition) is 4. The second-order valence-electron chi connectivity index (χ2n) is 5.06. The second kappa shape index (κ2) is 6.46. The fourth-order valence-electron chi connectivity index (χ4n) is 2.23. The number of anilines is 1. The van der Waals surface area contributed by atoms with Gasteiger partial charge in [-0.05, 0) is 30.3 Å². The largest absolute Gasteiger partial charge is 0.455 e. The summed E-state index contributed by atoms with van der Waals surface area (Å²) in [6.07, 6.45) is 0.128. The first kappa shape index (κ1) is 15.0. The van der Waals surface area contributed by atoms with Crippen LogP contribution in [0.1, 0.15) is 0 Å². The molecular weight excluding hydrogens is 292 g/mol. The van der Waals surface area contributed by atoms with E-state index in [-0.39, 0.29) is 0 Å². The van der Waals surface area contributed by atoms with Gasteiger partial charge in [0.25, 0.3) is 12.2 Å². The van der Waals surface area contributed by atoms with E-state index >= 15 is 0 Å².